The third-order valence-corrected chi connectivity index (χ3v) is 5.35. The summed E-state index contributed by atoms with van der Waals surface area (Å²) in [4.78, 5) is 24.3. The van der Waals surface area contributed by atoms with Crippen LogP contribution in [-0.4, -0.2) is 25.8 Å². The molecule has 0 N–H and O–H groups in total. The standard InChI is InChI=1S/C27H30O6/c1-18(2)13-14-31-27(29)33-24-10-5-20(6-11-24)17-32-26(28)19(3)21-7-8-23-16-25(30-4)12-9-22(23)15-21/h5-12,15-16,18-19H,13-14,17H2,1-4H3/t19-/m0/s1. The maximum absolute atomic E-state index is 12.6. The Hall–Kier alpha value is -3.54. The van der Waals surface area contributed by atoms with Crippen LogP contribution in [-0.2, 0) is 20.9 Å². The summed E-state index contributed by atoms with van der Waals surface area (Å²) in [6, 6.07) is 18.5. The molecule has 0 aliphatic carbocycles. The third-order valence-electron chi connectivity index (χ3n) is 5.35. The van der Waals surface area contributed by atoms with Gasteiger partial charge >= 0.3 is 12.1 Å². The molecule has 0 saturated heterocycles. The van der Waals surface area contributed by atoms with Crippen molar-refractivity contribution in [3.63, 3.8) is 0 Å². The Morgan fingerprint density at radius 3 is 2.18 bits per heavy atom. The summed E-state index contributed by atoms with van der Waals surface area (Å²) < 4.78 is 20.9. The SMILES string of the molecule is COc1ccc2cc([C@H](C)C(=O)OCc3ccc(OC(=O)OCCC(C)C)cc3)ccc2c1. The number of fused-ring (bicyclic) bond motifs is 1. The molecule has 3 aromatic rings. The Bertz CT molecular complexity index is 1090. The molecule has 6 nitrogen and oxygen atoms in total. The number of hydrogen-bond donors (Lipinski definition) is 0. The zero-order valence-electron chi connectivity index (χ0n) is 19.5. The van der Waals surface area contributed by atoms with Crippen LogP contribution >= 0.6 is 0 Å². The first-order chi connectivity index (χ1) is 15.9. The largest absolute Gasteiger partial charge is 0.513 e. The van der Waals surface area contributed by atoms with Crippen molar-refractivity contribution in [2.45, 2.75) is 39.7 Å². The first-order valence-electron chi connectivity index (χ1n) is 11.0. The molecule has 0 spiro atoms. The van der Waals surface area contributed by atoms with Crippen LogP contribution in [0.5, 0.6) is 11.5 Å². The molecule has 0 heterocycles. The van der Waals surface area contributed by atoms with E-state index in [1.165, 1.54) is 0 Å². The molecule has 0 aromatic heterocycles. The summed E-state index contributed by atoms with van der Waals surface area (Å²) in [5, 5.41) is 2.08. The summed E-state index contributed by atoms with van der Waals surface area (Å²) in [7, 11) is 1.64. The molecule has 174 valence electrons. The van der Waals surface area contributed by atoms with E-state index >= 15 is 0 Å². The number of hydrogen-bond acceptors (Lipinski definition) is 6. The average Bonchev–Trinajstić information content (AvgIpc) is 2.82. The summed E-state index contributed by atoms with van der Waals surface area (Å²) in [6.07, 6.45) is 0.0590. The molecule has 1 atom stereocenters. The van der Waals surface area contributed by atoms with E-state index in [4.69, 9.17) is 18.9 Å². The minimum Gasteiger partial charge on any atom is -0.497 e. The molecule has 0 unspecified atom stereocenters. The molecule has 0 saturated carbocycles. The second-order valence-corrected chi connectivity index (χ2v) is 8.33. The predicted molar refractivity (Wildman–Crippen MR) is 127 cm³/mol. The van der Waals surface area contributed by atoms with Gasteiger partial charge in [0.2, 0.25) is 0 Å². The average molecular weight is 451 g/mol. The van der Waals surface area contributed by atoms with Crippen LogP contribution < -0.4 is 9.47 Å². The molecular formula is C27H30O6. The van der Waals surface area contributed by atoms with Gasteiger partial charge in [0.25, 0.3) is 0 Å². The van der Waals surface area contributed by atoms with Crippen LogP contribution in [0.15, 0.2) is 60.7 Å². The van der Waals surface area contributed by atoms with Crippen molar-refractivity contribution in [2.75, 3.05) is 13.7 Å². The summed E-state index contributed by atoms with van der Waals surface area (Å²) in [5.74, 6) is 0.910. The highest BCUT2D eigenvalue weighted by Crippen LogP contribution is 2.26. The summed E-state index contributed by atoms with van der Waals surface area (Å²) in [6.45, 7) is 6.40. The van der Waals surface area contributed by atoms with Crippen LogP contribution in [0.2, 0.25) is 0 Å². The van der Waals surface area contributed by atoms with Crippen molar-refractivity contribution in [3.8, 4) is 11.5 Å². The lowest BCUT2D eigenvalue weighted by Gasteiger charge is -2.13. The Labute approximate surface area is 194 Å². The molecular weight excluding hydrogens is 420 g/mol. The smallest absolute Gasteiger partial charge is 0.497 e. The van der Waals surface area contributed by atoms with E-state index in [2.05, 4.69) is 13.8 Å². The van der Waals surface area contributed by atoms with Gasteiger partial charge in [0.05, 0.1) is 19.6 Å². The highest BCUT2D eigenvalue weighted by molar-refractivity contribution is 5.86. The van der Waals surface area contributed by atoms with Crippen molar-refractivity contribution in [3.05, 3.63) is 71.8 Å². The van der Waals surface area contributed by atoms with Crippen LogP contribution in [0.4, 0.5) is 4.79 Å². The van der Waals surface area contributed by atoms with Crippen LogP contribution in [0, 0.1) is 5.92 Å². The summed E-state index contributed by atoms with van der Waals surface area (Å²) in [5.41, 5.74) is 1.68. The molecule has 33 heavy (non-hydrogen) atoms. The highest BCUT2D eigenvalue weighted by Gasteiger charge is 2.17. The molecule has 0 radical (unpaired) electrons. The second-order valence-electron chi connectivity index (χ2n) is 8.33. The van der Waals surface area contributed by atoms with Gasteiger partial charge in [-0.3, -0.25) is 4.79 Å². The summed E-state index contributed by atoms with van der Waals surface area (Å²) >= 11 is 0. The normalized spacial score (nSPS) is 11.8. The van der Waals surface area contributed by atoms with Gasteiger partial charge in [0.1, 0.15) is 18.1 Å². The van der Waals surface area contributed by atoms with Gasteiger partial charge in [-0.1, -0.05) is 50.2 Å². The number of ether oxygens (including phenoxy) is 4. The number of rotatable bonds is 9. The molecule has 0 fully saturated rings. The van der Waals surface area contributed by atoms with Gasteiger partial charge in [0.15, 0.2) is 0 Å². The monoisotopic (exact) mass is 450 g/mol. The molecule has 3 rings (SSSR count). The van der Waals surface area contributed by atoms with E-state index in [9.17, 15) is 9.59 Å². The second kappa shape index (κ2) is 11.4. The van der Waals surface area contributed by atoms with Gasteiger partial charge in [-0.05, 0) is 65.4 Å². The Kier molecular flexibility index (Phi) is 8.30. The zero-order chi connectivity index (χ0) is 23.8. The quantitative estimate of drug-likeness (QED) is 0.283. The van der Waals surface area contributed by atoms with Crippen molar-refractivity contribution < 1.29 is 28.5 Å². The van der Waals surface area contributed by atoms with E-state index in [1.807, 2.05) is 43.3 Å². The fourth-order valence-electron chi connectivity index (χ4n) is 3.21. The van der Waals surface area contributed by atoms with E-state index in [0.717, 1.165) is 34.1 Å². The topological polar surface area (TPSA) is 71.1 Å². The molecule has 0 bridgehead atoms. The lowest BCUT2D eigenvalue weighted by Crippen LogP contribution is -2.13. The molecule has 3 aromatic carbocycles. The zero-order valence-corrected chi connectivity index (χ0v) is 19.5. The number of carbonyl (C=O) groups excluding carboxylic acids is 2. The number of methoxy groups -OCH3 is 1. The maximum atomic E-state index is 12.6. The van der Waals surface area contributed by atoms with Crippen molar-refractivity contribution in [1.29, 1.82) is 0 Å². The van der Waals surface area contributed by atoms with Crippen molar-refractivity contribution >= 4 is 22.9 Å². The molecule has 0 aliphatic rings. The maximum Gasteiger partial charge on any atom is 0.513 e. The van der Waals surface area contributed by atoms with Gasteiger partial charge < -0.3 is 18.9 Å². The van der Waals surface area contributed by atoms with Gasteiger partial charge in [-0.15, -0.1) is 0 Å². The Balaban J connectivity index is 1.51. The van der Waals surface area contributed by atoms with Gasteiger partial charge in [-0.2, -0.15) is 0 Å². The predicted octanol–water partition coefficient (Wildman–Crippen LogP) is 6.26. The first kappa shape index (κ1) is 24.1. The fourth-order valence-corrected chi connectivity index (χ4v) is 3.21. The minimum absolute atomic E-state index is 0.132. The fraction of sp³-hybridized carbons (Fsp3) is 0.333. The number of benzene rings is 3. The van der Waals surface area contributed by atoms with Gasteiger partial charge in [0, 0.05) is 0 Å². The number of esters is 1. The van der Waals surface area contributed by atoms with Crippen LogP contribution in [0.25, 0.3) is 10.8 Å². The van der Waals surface area contributed by atoms with Crippen molar-refractivity contribution in [2.24, 2.45) is 5.92 Å². The number of carbonyl (C=O) groups is 2. The molecule has 0 amide bonds. The van der Waals surface area contributed by atoms with E-state index in [-0.39, 0.29) is 12.6 Å². The lowest BCUT2D eigenvalue weighted by atomic mass is 9.98. The van der Waals surface area contributed by atoms with E-state index in [0.29, 0.717) is 18.3 Å². The van der Waals surface area contributed by atoms with Crippen molar-refractivity contribution in [1.82, 2.24) is 0 Å². The molecule has 0 aliphatic heterocycles. The molecule has 6 heteroatoms. The van der Waals surface area contributed by atoms with E-state index in [1.54, 1.807) is 31.4 Å². The Morgan fingerprint density at radius 1 is 0.818 bits per heavy atom. The third kappa shape index (κ3) is 6.97. The van der Waals surface area contributed by atoms with Crippen LogP contribution in [0.3, 0.4) is 0 Å². The van der Waals surface area contributed by atoms with Crippen LogP contribution in [0.1, 0.15) is 44.2 Å². The highest BCUT2D eigenvalue weighted by atomic mass is 16.7. The minimum atomic E-state index is -0.725. The van der Waals surface area contributed by atoms with E-state index < -0.39 is 12.1 Å². The van der Waals surface area contributed by atoms with Gasteiger partial charge in [-0.25, -0.2) is 4.79 Å². The lowest BCUT2D eigenvalue weighted by molar-refractivity contribution is -0.146. The Morgan fingerprint density at radius 2 is 1.48 bits per heavy atom. The first-order valence-corrected chi connectivity index (χ1v) is 11.0.